The molecule has 0 radical (unpaired) electrons. The zero-order valence-corrected chi connectivity index (χ0v) is 29.2. The highest BCUT2D eigenvalue weighted by Gasteiger charge is 2.45. The number of carbonyl (C=O) groups is 5. The summed E-state index contributed by atoms with van der Waals surface area (Å²) in [6.45, 7) is 4.34. The van der Waals surface area contributed by atoms with Crippen LogP contribution in [0.3, 0.4) is 0 Å². The molecule has 3 N–H and O–H groups in total. The fourth-order valence-corrected chi connectivity index (χ4v) is 7.32. The molecule has 4 aliphatic heterocycles. The highest BCUT2D eigenvalue weighted by Crippen LogP contribution is 2.34. The molecule has 0 bridgehead atoms. The molecule has 0 spiro atoms. The maximum absolute atomic E-state index is 13.3. The zero-order chi connectivity index (χ0) is 37.7. The molecule has 54 heavy (non-hydrogen) atoms. The van der Waals surface area contributed by atoms with Gasteiger partial charge in [0.05, 0.1) is 22.4 Å². The quantitative estimate of drug-likeness (QED) is 0.169. The minimum atomic E-state index is -3.85. The third kappa shape index (κ3) is 6.82. The van der Waals surface area contributed by atoms with E-state index in [1.165, 1.54) is 30.5 Å². The molecule has 5 amide bonds. The predicted octanol–water partition coefficient (Wildman–Crippen LogP) is 3.30. The van der Waals surface area contributed by atoms with E-state index in [0.29, 0.717) is 35.9 Å². The number of ether oxygens (including phenoxy) is 1. The largest absolute Gasteiger partial charge is 0.487 e. The molecule has 278 valence electrons. The second-order valence-corrected chi connectivity index (χ2v) is 13.8. The molecule has 3 saturated heterocycles. The van der Waals surface area contributed by atoms with Crippen molar-refractivity contribution in [2.45, 2.75) is 30.5 Å². The molecule has 0 aliphatic carbocycles. The van der Waals surface area contributed by atoms with E-state index in [0.717, 1.165) is 36.8 Å². The molecule has 18 heteroatoms. The van der Waals surface area contributed by atoms with Gasteiger partial charge in [0.2, 0.25) is 11.8 Å². The van der Waals surface area contributed by atoms with Crippen LogP contribution < -0.4 is 25.2 Å². The van der Waals surface area contributed by atoms with Crippen molar-refractivity contribution < 1.29 is 37.5 Å². The summed E-state index contributed by atoms with van der Waals surface area (Å²) in [7, 11) is 0. The van der Waals surface area contributed by atoms with Crippen molar-refractivity contribution in [2.75, 3.05) is 54.4 Å². The summed E-state index contributed by atoms with van der Waals surface area (Å²) >= 11 is 4.82. The van der Waals surface area contributed by atoms with Crippen LogP contribution in [0.1, 0.15) is 43.9 Å². The van der Waals surface area contributed by atoms with E-state index in [4.69, 9.17) is 16.6 Å². The Bertz CT molecular complexity index is 2150. The lowest BCUT2D eigenvalue weighted by Crippen LogP contribution is -2.63. The number of carbonyl (C=O) groups excluding carboxylic acids is 5. The van der Waals surface area contributed by atoms with Gasteiger partial charge in [0.1, 0.15) is 17.6 Å². The van der Waals surface area contributed by atoms with Crippen LogP contribution in [0.2, 0.25) is 0 Å². The molecular weight excluding hydrogens is 728 g/mol. The number of aromatic amines is 1. The summed E-state index contributed by atoms with van der Waals surface area (Å²) in [5.74, 6) is -2.03. The van der Waals surface area contributed by atoms with Gasteiger partial charge < -0.3 is 19.9 Å². The van der Waals surface area contributed by atoms with Crippen molar-refractivity contribution >= 4 is 58.3 Å². The van der Waals surface area contributed by atoms with Gasteiger partial charge in [-0.3, -0.25) is 44.2 Å². The van der Waals surface area contributed by atoms with E-state index in [2.05, 4.69) is 40.3 Å². The third-order valence-corrected chi connectivity index (χ3v) is 10.1. The molecule has 2 aromatic heterocycles. The predicted molar refractivity (Wildman–Crippen MR) is 191 cm³/mol. The second kappa shape index (κ2) is 13.8. The van der Waals surface area contributed by atoms with E-state index in [9.17, 15) is 32.8 Å². The van der Waals surface area contributed by atoms with Gasteiger partial charge in [-0.1, -0.05) is 0 Å². The summed E-state index contributed by atoms with van der Waals surface area (Å²) in [5, 5.41) is 12.0. The number of aromatic nitrogens is 3. The number of fused-ring (bicyclic) bond motifs is 1. The van der Waals surface area contributed by atoms with Gasteiger partial charge in [-0.2, -0.15) is 5.10 Å². The molecule has 0 saturated carbocycles. The van der Waals surface area contributed by atoms with E-state index in [-0.39, 0.29) is 41.3 Å². The standard InChI is InChI=1S/C36H32ClF2N9O6/c37-36(38,39)54-24-4-1-21(2-5-24)42-32(50)20-15-27(28-9-10-41-44-28)31(40-17-20)46-13-11-45(12-14-46)23-18-47(19-23)22-3-6-25-26(16-22)35(53)48(34(25)52)29-7-8-30(49)43-33(29)51/h1-6,9-10,15-17,23,29H,7-8,11-14,18-19H2,(H,41,44)(H,42,50)(H,43,49,51). The maximum Gasteiger partial charge on any atom is 0.487 e. The first-order valence-corrected chi connectivity index (χ1v) is 17.6. The Hall–Kier alpha value is -5.94. The normalized spacial score (nSPS) is 19.5. The molecule has 6 heterocycles. The van der Waals surface area contributed by atoms with Gasteiger partial charge in [-0.25, -0.2) is 4.98 Å². The van der Waals surface area contributed by atoms with Crippen LogP contribution in [-0.4, -0.2) is 111 Å². The fraction of sp³-hybridized carbons (Fsp3) is 0.306. The van der Waals surface area contributed by atoms with Crippen LogP contribution >= 0.6 is 11.6 Å². The number of H-pyrrole nitrogens is 1. The summed E-state index contributed by atoms with van der Waals surface area (Å²) < 4.78 is 30.2. The van der Waals surface area contributed by atoms with E-state index < -0.39 is 41.1 Å². The van der Waals surface area contributed by atoms with E-state index in [1.54, 1.807) is 30.5 Å². The van der Waals surface area contributed by atoms with Gasteiger partial charge in [0, 0.05) is 92.7 Å². The minimum absolute atomic E-state index is 0.0619. The molecule has 4 aromatic rings. The summed E-state index contributed by atoms with van der Waals surface area (Å²) in [5.41, 5.74) is -0.514. The topological polar surface area (TPSA) is 173 Å². The Morgan fingerprint density at radius 2 is 1.65 bits per heavy atom. The monoisotopic (exact) mass is 759 g/mol. The van der Waals surface area contributed by atoms with Crippen molar-refractivity contribution in [3.05, 3.63) is 83.7 Å². The number of piperazine rings is 1. The van der Waals surface area contributed by atoms with E-state index >= 15 is 0 Å². The molecule has 4 aliphatic rings. The van der Waals surface area contributed by atoms with Crippen LogP contribution in [-0.2, 0) is 9.59 Å². The van der Waals surface area contributed by atoms with Gasteiger partial charge in [-0.05, 0) is 61.0 Å². The molecule has 8 rings (SSSR count). The van der Waals surface area contributed by atoms with Gasteiger partial charge in [0.25, 0.3) is 17.7 Å². The lowest BCUT2D eigenvalue weighted by atomic mass is 10.0. The number of benzene rings is 2. The van der Waals surface area contributed by atoms with Crippen molar-refractivity contribution in [1.82, 2.24) is 30.3 Å². The summed E-state index contributed by atoms with van der Waals surface area (Å²) in [6.07, 6.45) is 3.27. The molecule has 2 aromatic carbocycles. The van der Waals surface area contributed by atoms with Crippen molar-refractivity contribution in [3.8, 4) is 17.0 Å². The SMILES string of the molecule is O=C1CCC(N2C(=O)c3ccc(N4CC(N5CCN(c6ncc(C(=O)Nc7ccc(OC(F)(F)Cl)cc7)cc6-c6ccn[nH]6)CC5)C4)cc3C2=O)C(=O)N1. The van der Waals surface area contributed by atoms with Gasteiger partial charge >= 0.3 is 5.57 Å². The number of nitrogens with zero attached hydrogens (tertiary/aromatic N) is 6. The number of nitrogens with one attached hydrogen (secondary N) is 3. The zero-order valence-electron chi connectivity index (χ0n) is 28.4. The van der Waals surface area contributed by atoms with Crippen molar-refractivity contribution in [1.29, 1.82) is 0 Å². The number of pyridine rings is 1. The smallest absolute Gasteiger partial charge is 0.420 e. The number of rotatable bonds is 9. The molecule has 3 fully saturated rings. The Morgan fingerprint density at radius 3 is 2.33 bits per heavy atom. The Morgan fingerprint density at radius 1 is 0.907 bits per heavy atom. The first kappa shape index (κ1) is 35.1. The Balaban J connectivity index is 0.887. The number of anilines is 3. The maximum atomic E-state index is 13.3. The van der Waals surface area contributed by atoms with Gasteiger partial charge in [0.15, 0.2) is 0 Å². The van der Waals surface area contributed by atoms with E-state index in [1.807, 2.05) is 6.07 Å². The molecule has 15 nitrogen and oxygen atoms in total. The van der Waals surface area contributed by atoms with Crippen LogP contribution in [0.25, 0.3) is 11.3 Å². The van der Waals surface area contributed by atoms with Gasteiger partial charge in [-0.15, -0.1) is 8.78 Å². The lowest BCUT2D eigenvalue weighted by molar-refractivity contribution is -0.136. The van der Waals surface area contributed by atoms with Crippen molar-refractivity contribution in [2.24, 2.45) is 0 Å². The first-order chi connectivity index (χ1) is 25.9. The number of imide groups is 2. The number of hydrogen-bond acceptors (Lipinski definition) is 11. The highest BCUT2D eigenvalue weighted by atomic mass is 35.5. The Kier molecular flexibility index (Phi) is 8.97. The molecule has 1 unspecified atom stereocenters. The second-order valence-electron chi connectivity index (χ2n) is 13.4. The summed E-state index contributed by atoms with van der Waals surface area (Å²) in [6, 6.07) is 13.3. The third-order valence-electron chi connectivity index (χ3n) is 10.0. The Labute approximate surface area is 311 Å². The first-order valence-electron chi connectivity index (χ1n) is 17.2. The molecule has 1 atom stereocenters. The number of piperidine rings is 1. The summed E-state index contributed by atoms with van der Waals surface area (Å²) in [4.78, 5) is 76.0. The number of hydrogen-bond donors (Lipinski definition) is 3. The van der Waals surface area contributed by atoms with Crippen LogP contribution in [0.15, 0.2) is 67.0 Å². The highest BCUT2D eigenvalue weighted by molar-refractivity contribution is 6.24. The average Bonchev–Trinajstić information content (AvgIpc) is 3.75. The van der Waals surface area contributed by atoms with Crippen LogP contribution in [0, 0.1) is 0 Å². The molecular formula is C36H32ClF2N9O6. The number of amides is 5. The average molecular weight is 760 g/mol. The van der Waals surface area contributed by atoms with Crippen LogP contribution in [0.5, 0.6) is 5.75 Å². The van der Waals surface area contributed by atoms with Crippen LogP contribution in [0.4, 0.5) is 26.0 Å². The minimum Gasteiger partial charge on any atom is -0.420 e. The number of halogens is 3. The fourth-order valence-electron chi connectivity index (χ4n) is 7.23. The lowest BCUT2D eigenvalue weighted by Gasteiger charge is -2.49. The van der Waals surface area contributed by atoms with Crippen molar-refractivity contribution in [3.63, 3.8) is 0 Å². The number of alkyl halides is 3.